The van der Waals surface area contributed by atoms with Crippen LogP contribution in [0.2, 0.25) is 0 Å². The van der Waals surface area contributed by atoms with Gasteiger partial charge in [-0.25, -0.2) is 4.98 Å². The first-order chi connectivity index (χ1) is 16.8. The van der Waals surface area contributed by atoms with Gasteiger partial charge in [-0.1, -0.05) is 55.3 Å². The van der Waals surface area contributed by atoms with E-state index in [2.05, 4.69) is 47.2 Å². The van der Waals surface area contributed by atoms with Gasteiger partial charge < -0.3 is 14.6 Å². The zero-order valence-electron chi connectivity index (χ0n) is 20.5. The third-order valence-corrected chi connectivity index (χ3v) is 7.17. The van der Waals surface area contributed by atoms with Crippen LogP contribution in [-0.2, 0) is 37.8 Å². The maximum atomic E-state index is 10.3. The molecule has 36 heavy (non-hydrogen) atoms. The number of aromatic nitrogens is 2. The summed E-state index contributed by atoms with van der Waals surface area (Å²) in [5.41, 5.74) is 6.55. The molecule has 3 heterocycles. The van der Waals surface area contributed by atoms with Crippen molar-refractivity contribution in [3.63, 3.8) is 0 Å². The number of fused-ring (bicyclic) bond motifs is 4. The first-order valence-electron chi connectivity index (χ1n) is 11.9. The fourth-order valence-corrected chi connectivity index (χ4v) is 5.11. The number of ether oxygens (including phenoxy) is 2. The summed E-state index contributed by atoms with van der Waals surface area (Å²) < 4.78 is 12.7. The van der Waals surface area contributed by atoms with Gasteiger partial charge in [0.15, 0.2) is 0 Å². The van der Waals surface area contributed by atoms with E-state index in [1.165, 1.54) is 11.1 Å². The average Bonchev–Trinajstić information content (AvgIpc) is 3.20. The Morgan fingerprint density at radius 3 is 2.72 bits per heavy atom. The number of hydrogen-bond donors (Lipinski definition) is 1. The molecule has 0 radical (unpaired) electrons. The Bertz CT molecular complexity index is 1530. The molecule has 2 atom stereocenters. The molecular weight excluding hydrogens is 633 g/mol. The number of benzene rings is 2. The number of aliphatic imine (C=N–C) groups is 1. The average molecular weight is 660 g/mol. The van der Waals surface area contributed by atoms with Gasteiger partial charge in [0, 0.05) is 38.9 Å². The van der Waals surface area contributed by atoms with Crippen LogP contribution in [0.1, 0.15) is 46.9 Å². The predicted octanol–water partition coefficient (Wildman–Crippen LogP) is 5.86. The Kier molecular flexibility index (Phi) is 6.12. The number of hydrogen-bond acceptors (Lipinski definition) is 6. The number of aromatic hydroxyl groups is 1. The molecule has 0 saturated heterocycles. The minimum absolute atomic E-state index is 0. The summed E-state index contributed by atoms with van der Waals surface area (Å²) in [4.78, 5) is 13.9. The Labute approximate surface area is 224 Å². The van der Waals surface area contributed by atoms with E-state index in [4.69, 9.17) is 14.5 Å². The van der Waals surface area contributed by atoms with Gasteiger partial charge in [0.05, 0.1) is 17.3 Å². The molecule has 6 nitrogen and oxygen atoms in total. The third-order valence-electron chi connectivity index (χ3n) is 7.17. The number of rotatable bonds is 3. The molecule has 0 saturated carbocycles. The SMILES string of the molecule is Cc1cc(O)c2nc(Oc3[c-]c(C4=N[C@H]5CCc6ccccc6C5(C)O4)cc(C)c3C)ccc2n1.[Pt]. The second-order valence-corrected chi connectivity index (χ2v) is 9.58. The molecule has 186 valence electrons. The van der Waals surface area contributed by atoms with Crippen molar-refractivity contribution in [1.29, 1.82) is 0 Å². The zero-order chi connectivity index (χ0) is 24.3. The van der Waals surface area contributed by atoms with Crippen LogP contribution in [0.5, 0.6) is 17.4 Å². The summed E-state index contributed by atoms with van der Waals surface area (Å²) in [5.74, 6) is 1.58. The predicted molar refractivity (Wildman–Crippen MR) is 134 cm³/mol. The molecule has 2 aromatic heterocycles. The van der Waals surface area contributed by atoms with Gasteiger partial charge in [-0.3, -0.25) is 9.98 Å². The first-order valence-corrected chi connectivity index (χ1v) is 11.9. The van der Waals surface area contributed by atoms with Crippen molar-refractivity contribution in [3.05, 3.63) is 88.1 Å². The van der Waals surface area contributed by atoms with Gasteiger partial charge in [0.2, 0.25) is 5.88 Å². The molecule has 2 aliphatic rings. The topological polar surface area (TPSA) is 76.8 Å². The van der Waals surface area contributed by atoms with Crippen molar-refractivity contribution < 1.29 is 35.6 Å². The van der Waals surface area contributed by atoms with Crippen LogP contribution in [0.15, 0.2) is 53.5 Å². The fraction of sp³-hybridized carbons (Fsp3) is 0.276. The van der Waals surface area contributed by atoms with Gasteiger partial charge in [-0.15, -0.1) is 11.6 Å². The standard InChI is InChI=1S/C29H26N3O3.Pt/c1-16-13-20(28-31-25-11-9-19-7-5-6-8-21(19)29(25,4)35-28)15-24(18(16)3)34-26-12-10-22-27(32-26)23(33)14-17(2)30-22;/h5-8,10,12-14,25H,9,11H2,1-4H3,(H,30,33);/q-1;/t25-,29?;/m0./s1. The Balaban J connectivity index is 0.00000267. The van der Waals surface area contributed by atoms with Crippen LogP contribution in [-0.4, -0.2) is 27.0 Å². The Hall–Kier alpha value is -3.24. The van der Waals surface area contributed by atoms with E-state index < -0.39 is 5.60 Å². The van der Waals surface area contributed by atoms with Crippen LogP contribution >= 0.6 is 0 Å². The molecule has 1 aliphatic heterocycles. The molecule has 1 aliphatic carbocycles. The van der Waals surface area contributed by atoms with E-state index in [0.717, 1.165) is 35.2 Å². The Morgan fingerprint density at radius 1 is 1.08 bits per heavy atom. The van der Waals surface area contributed by atoms with Crippen molar-refractivity contribution >= 4 is 16.9 Å². The fourth-order valence-electron chi connectivity index (χ4n) is 5.11. The van der Waals surface area contributed by atoms with Gasteiger partial charge in [-0.05, 0) is 43.9 Å². The van der Waals surface area contributed by atoms with Gasteiger partial charge >= 0.3 is 0 Å². The second-order valence-electron chi connectivity index (χ2n) is 9.58. The van der Waals surface area contributed by atoms with Crippen molar-refractivity contribution in [1.82, 2.24) is 9.97 Å². The van der Waals surface area contributed by atoms with Crippen molar-refractivity contribution in [2.75, 3.05) is 0 Å². The van der Waals surface area contributed by atoms with E-state index >= 15 is 0 Å². The summed E-state index contributed by atoms with van der Waals surface area (Å²) >= 11 is 0. The van der Waals surface area contributed by atoms with Crippen molar-refractivity contribution in [2.45, 2.75) is 52.2 Å². The first kappa shape index (κ1) is 24.5. The van der Waals surface area contributed by atoms with Crippen molar-refractivity contribution in [3.8, 4) is 17.4 Å². The van der Waals surface area contributed by atoms with Gasteiger partial charge in [0.1, 0.15) is 22.8 Å². The molecule has 7 heteroatoms. The molecule has 4 aromatic rings. The quantitative estimate of drug-likeness (QED) is 0.279. The van der Waals surface area contributed by atoms with E-state index in [-0.39, 0.29) is 32.9 Å². The van der Waals surface area contributed by atoms with E-state index in [1.54, 1.807) is 18.2 Å². The minimum atomic E-state index is -0.486. The number of aryl methyl sites for hydroxylation is 3. The largest absolute Gasteiger partial charge is 0.508 e. The summed E-state index contributed by atoms with van der Waals surface area (Å²) in [6, 6.07) is 19.1. The second kappa shape index (κ2) is 9.01. The third kappa shape index (κ3) is 3.98. The molecule has 0 bridgehead atoms. The smallest absolute Gasteiger partial charge is 0.217 e. The van der Waals surface area contributed by atoms with Crippen molar-refractivity contribution in [2.24, 2.45) is 4.99 Å². The van der Waals surface area contributed by atoms with Crippen LogP contribution in [0.25, 0.3) is 11.0 Å². The van der Waals surface area contributed by atoms with Gasteiger partial charge in [0.25, 0.3) is 0 Å². The van der Waals surface area contributed by atoms with E-state index in [9.17, 15) is 5.11 Å². The summed E-state index contributed by atoms with van der Waals surface area (Å²) in [6.07, 6.45) is 1.94. The number of nitrogens with zero attached hydrogens (tertiary/aromatic N) is 3. The maximum Gasteiger partial charge on any atom is 0.217 e. The summed E-state index contributed by atoms with van der Waals surface area (Å²) in [6.45, 7) is 7.99. The molecule has 2 aromatic carbocycles. The molecule has 0 fully saturated rings. The Morgan fingerprint density at radius 2 is 1.89 bits per heavy atom. The maximum absolute atomic E-state index is 10.3. The summed E-state index contributed by atoms with van der Waals surface area (Å²) in [5, 5.41) is 10.3. The van der Waals surface area contributed by atoms with Crippen LogP contribution < -0.4 is 4.74 Å². The van der Waals surface area contributed by atoms with Crippen LogP contribution in [0.3, 0.4) is 0 Å². The molecule has 1 N–H and O–H groups in total. The molecule has 0 amide bonds. The van der Waals surface area contributed by atoms with E-state index in [0.29, 0.717) is 28.6 Å². The van der Waals surface area contributed by atoms with Crippen LogP contribution in [0, 0.1) is 26.8 Å². The monoisotopic (exact) mass is 659 g/mol. The number of pyridine rings is 2. The van der Waals surface area contributed by atoms with Gasteiger partial charge in [-0.2, -0.15) is 0 Å². The molecule has 0 spiro atoms. The molecular formula is C29H26N3O3Pt-. The normalized spacial score (nSPS) is 20.1. The molecule has 6 rings (SSSR count). The summed E-state index contributed by atoms with van der Waals surface area (Å²) in [7, 11) is 0. The molecule has 1 unspecified atom stereocenters. The minimum Gasteiger partial charge on any atom is -0.508 e. The zero-order valence-corrected chi connectivity index (χ0v) is 22.8. The van der Waals surface area contributed by atoms with Crippen LogP contribution in [0.4, 0.5) is 0 Å². The van der Waals surface area contributed by atoms with E-state index in [1.807, 2.05) is 26.8 Å².